The number of carbonyl (C=O) groups excluding carboxylic acids is 2. The number of hydrogen-bond acceptors (Lipinski definition) is 14. The van der Waals surface area contributed by atoms with E-state index in [-0.39, 0.29) is 46.4 Å². The van der Waals surface area contributed by atoms with Crippen LogP contribution in [0, 0.1) is 11.3 Å². The Hall–Kier alpha value is -5.06. The summed E-state index contributed by atoms with van der Waals surface area (Å²) in [7, 11) is 1.16. The fraction of sp³-hybridized carbons (Fsp3) is 0.435. The van der Waals surface area contributed by atoms with Gasteiger partial charge in [-0.25, -0.2) is 9.59 Å². The van der Waals surface area contributed by atoms with E-state index in [1.807, 2.05) is 23.9 Å². The van der Waals surface area contributed by atoms with Crippen LogP contribution >= 0.6 is 22.7 Å². The van der Waals surface area contributed by atoms with E-state index in [0.717, 1.165) is 18.4 Å². The topological polar surface area (TPSA) is 195 Å². The second-order valence-corrected chi connectivity index (χ2v) is 24.0. The van der Waals surface area contributed by atoms with Crippen LogP contribution in [0.2, 0.25) is 18.1 Å². The number of pyridine rings is 1. The standard InChI is InChI=1S/C46H57N5O9S2Si/c1-45(2,3)63(6,7)60-38(33-16-18-36(52)42-34(33)17-19-41(53)50-42)28-48-27-30-24-29(26-47)35(25-37(30)57-5)49-44(55)58-21-20-51(4)31-12-14-32(15-13-31)59-43(54)46(56,39-10-8-22-61-39)40-11-9-23-62-40/h8-11,16-19,22-25,31-32,38,48,52,56H,12-15,20-21,27-28H2,1-7H3,(H,49,55)(H,50,53)/t31-,32-,38-/m0/s1. The van der Waals surface area contributed by atoms with Crippen molar-refractivity contribution in [3.63, 3.8) is 0 Å². The first kappa shape index (κ1) is 47.4. The van der Waals surface area contributed by atoms with Gasteiger partial charge >= 0.3 is 12.1 Å². The van der Waals surface area contributed by atoms with E-state index < -0.39 is 32.1 Å². The predicted molar refractivity (Wildman–Crippen MR) is 248 cm³/mol. The molecule has 0 radical (unpaired) electrons. The summed E-state index contributed by atoms with van der Waals surface area (Å²) in [5.41, 5.74) is 0.154. The van der Waals surface area contributed by atoms with Gasteiger partial charge in [-0.2, -0.15) is 5.26 Å². The van der Waals surface area contributed by atoms with Gasteiger partial charge in [-0.05, 0) is 97.5 Å². The van der Waals surface area contributed by atoms with Crippen molar-refractivity contribution in [2.75, 3.05) is 39.2 Å². The molecular formula is C46H57N5O9S2Si. The van der Waals surface area contributed by atoms with Gasteiger partial charge in [-0.3, -0.25) is 10.1 Å². The summed E-state index contributed by atoms with van der Waals surface area (Å²) >= 11 is 2.63. The van der Waals surface area contributed by atoms with Gasteiger partial charge in [0.1, 0.15) is 30.3 Å². The molecule has 63 heavy (non-hydrogen) atoms. The molecule has 1 saturated carbocycles. The molecule has 336 valence electrons. The van der Waals surface area contributed by atoms with Gasteiger partial charge in [0.05, 0.1) is 39.7 Å². The normalized spacial score (nSPS) is 16.4. The molecule has 1 fully saturated rings. The molecule has 0 aliphatic heterocycles. The smallest absolute Gasteiger partial charge is 0.411 e. The third kappa shape index (κ3) is 11.0. The zero-order chi connectivity index (χ0) is 45.5. The third-order valence-electron chi connectivity index (χ3n) is 12.2. The monoisotopic (exact) mass is 915 g/mol. The highest BCUT2D eigenvalue weighted by atomic mass is 32.1. The van der Waals surface area contributed by atoms with Crippen molar-refractivity contribution in [1.29, 1.82) is 5.26 Å². The van der Waals surface area contributed by atoms with E-state index in [1.54, 1.807) is 48.5 Å². The number of carbonyl (C=O) groups is 2. The van der Waals surface area contributed by atoms with Gasteiger partial charge in [-0.1, -0.05) is 39.0 Å². The largest absolute Gasteiger partial charge is 0.506 e. The number of amides is 1. The number of phenols is 1. The number of aromatic nitrogens is 1. The van der Waals surface area contributed by atoms with Crippen LogP contribution in [-0.4, -0.2) is 86.5 Å². The molecule has 17 heteroatoms. The summed E-state index contributed by atoms with van der Waals surface area (Å²) in [6.07, 6.45) is 1.34. The Morgan fingerprint density at radius 3 is 2.32 bits per heavy atom. The quantitative estimate of drug-likeness (QED) is 0.0443. The number of H-pyrrole nitrogens is 1. The molecule has 3 heterocycles. The lowest BCUT2D eigenvalue weighted by atomic mass is 9.91. The second kappa shape index (κ2) is 20.2. The number of likely N-dealkylation sites (N-methyl/N-ethyl adjacent to an activating group) is 1. The molecule has 0 saturated heterocycles. The lowest BCUT2D eigenvalue weighted by Gasteiger charge is -2.39. The highest BCUT2D eigenvalue weighted by Gasteiger charge is 2.45. The van der Waals surface area contributed by atoms with Crippen LogP contribution in [0.15, 0.2) is 76.2 Å². The van der Waals surface area contributed by atoms with Crippen molar-refractivity contribution in [1.82, 2.24) is 15.2 Å². The number of ether oxygens (including phenoxy) is 3. The SMILES string of the molecule is COc1cc(NC(=O)OCCN(C)[C@H]2CC[C@H](OC(=O)C(O)(c3cccs3)c3cccs3)CC2)c(C#N)cc1CNC[C@H](O[Si](C)(C)C(C)(C)C)c1ccc(O)c2[nH]c(=O)ccc12. The van der Waals surface area contributed by atoms with Gasteiger partial charge in [0.15, 0.2) is 8.32 Å². The van der Waals surface area contributed by atoms with Crippen molar-refractivity contribution in [3.8, 4) is 17.6 Å². The lowest BCUT2D eigenvalue weighted by Crippen LogP contribution is -2.43. The van der Waals surface area contributed by atoms with Crippen molar-refractivity contribution in [3.05, 3.63) is 108 Å². The summed E-state index contributed by atoms with van der Waals surface area (Å²) in [5, 5.41) is 42.7. The van der Waals surface area contributed by atoms with E-state index in [9.17, 15) is 29.9 Å². The van der Waals surface area contributed by atoms with Crippen molar-refractivity contribution in [2.24, 2.45) is 0 Å². The Kier molecular flexibility index (Phi) is 15.2. The number of nitriles is 1. The molecule has 5 aromatic rings. The zero-order valence-corrected chi connectivity index (χ0v) is 39.4. The molecule has 1 aliphatic rings. The highest BCUT2D eigenvalue weighted by molar-refractivity contribution is 7.12. The van der Waals surface area contributed by atoms with Crippen LogP contribution in [0.25, 0.3) is 10.9 Å². The molecule has 14 nitrogen and oxygen atoms in total. The third-order valence-corrected chi connectivity index (χ3v) is 18.6. The number of rotatable bonds is 17. The number of aromatic amines is 1. The number of thiophene rings is 2. The van der Waals surface area contributed by atoms with Gasteiger partial charge in [0.2, 0.25) is 11.2 Å². The number of phenolic OH excluding ortho intramolecular Hbond substituents is 1. The van der Waals surface area contributed by atoms with Gasteiger partial charge in [0, 0.05) is 48.8 Å². The summed E-state index contributed by atoms with van der Waals surface area (Å²) in [5.74, 6) is -0.239. The average molecular weight is 916 g/mol. The number of esters is 1. The van der Waals surface area contributed by atoms with Crippen molar-refractivity contribution in [2.45, 2.75) is 95.0 Å². The molecule has 2 aromatic carbocycles. The maximum absolute atomic E-state index is 13.4. The Bertz CT molecular complexity index is 2420. The lowest BCUT2D eigenvalue weighted by molar-refractivity contribution is -0.169. The number of fused-ring (bicyclic) bond motifs is 1. The van der Waals surface area contributed by atoms with E-state index in [4.69, 9.17) is 18.6 Å². The maximum atomic E-state index is 13.4. The minimum absolute atomic E-state index is 0.0310. The van der Waals surface area contributed by atoms with E-state index in [2.05, 4.69) is 60.5 Å². The number of methoxy groups -OCH3 is 1. The average Bonchev–Trinajstić information content (AvgIpc) is 4.00. The van der Waals surface area contributed by atoms with Gasteiger partial charge < -0.3 is 44.1 Å². The van der Waals surface area contributed by atoms with E-state index in [1.165, 1.54) is 35.8 Å². The minimum atomic E-state index is -2.32. The molecule has 1 aliphatic carbocycles. The number of aromatic hydroxyl groups is 1. The summed E-state index contributed by atoms with van der Waals surface area (Å²) in [6, 6.07) is 19.2. The Morgan fingerprint density at radius 2 is 1.71 bits per heavy atom. The molecule has 1 amide bonds. The van der Waals surface area contributed by atoms with Crippen LogP contribution < -0.4 is 20.9 Å². The zero-order valence-electron chi connectivity index (χ0n) is 36.8. The number of nitrogens with one attached hydrogen (secondary N) is 3. The van der Waals surface area contributed by atoms with Gasteiger partial charge in [-0.15, -0.1) is 22.7 Å². The second-order valence-electron chi connectivity index (χ2n) is 17.3. The number of hydrogen-bond donors (Lipinski definition) is 5. The maximum Gasteiger partial charge on any atom is 0.411 e. The van der Waals surface area contributed by atoms with E-state index in [0.29, 0.717) is 64.4 Å². The van der Waals surface area contributed by atoms with Crippen molar-refractivity contribution >= 4 is 59.6 Å². The predicted octanol–water partition coefficient (Wildman–Crippen LogP) is 8.36. The van der Waals surface area contributed by atoms with Crippen LogP contribution in [-0.2, 0) is 30.8 Å². The fourth-order valence-corrected chi connectivity index (χ4v) is 10.5. The molecule has 3 aromatic heterocycles. The highest BCUT2D eigenvalue weighted by Crippen LogP contribution is 2.42. The first-order valence-electron chi connectivity index (χ1n) is 20.9. The number of benzene rings is 2. The van der Waals surface area contributed by atoms with Crippen LogP contribution in [0.5, 0.6) is 11.5 Å². The Labute approximate surface area is 376 Å². The molecule has 0 spiro atoms. The molecule has 5 N–H and O–H groups in total. The summed E-state index contributed by atoms with van der Waals surface area (Å²) < 4.78 is 24.1. The first-order chi connectivity index (χ1) is 29.9. The molecule has 1 atom stereocenters. The molecule has 6 rings (SSSR count). The number of nitrogens with zero attached hydrogens (tertiary/aromatic N) is 2. The fourth-order valence-electron chi connectivity index (χ4n) is 7.52. The van der Waals surface area contributed by atoms with Crippen LogP contribution in [0.4, 0.5) is 10.5 Å². The number of aliphatic hydroxyl groups is 1. The molecule has 0 bridgehead atoms. The summed E-state index contributed by atoms with van der Waals surface area (Å²) in [4.78, 5) is 44.5. The van der Waals surface area contributed by atoms with Crippen LogP contribution in [0.1, 0.15) is 79.0 Å². The van der Waals surface area contributed by atoms with Crippen molar-refractivity contribution < 1.29 is 38.4 Å². The minimum Gasteiger partial charge on any atom is -0.506 e. The Balaban J connectivity index is 1.02. The summed E-state index contributed by atoms with van der Waals surface area (Å²) in [6.45, 7) is 12.0. The van der Waals surface area contributed by atoms with Crippen LogP contribution in [0.3, 0.4) is 0 Å². The van der Waals surface area contributed by atoms with Gasteiger partial charge in [0.25, 0.3) is 0 Å². The Morgan fingerprint density at radius 1 is 1.03 bits per heavy atom. The first-order valence-corrected chi connectivity index (χ1v) is 25.6. The molecular weight excluding hydrogens is 859 g/mol. The molecule has 0 unspecified atom stereocenters. The van der Waals surface area contributed by atoms with E-state index >= 15 is 0 Å². The number of anilines is 1.